The molecule has 0 spiro atoms. The molecule has 0 radical (unpaired) electrons. The van der Waals surface area contributed by atoms with Crippen molar-refractivity contribution in [2.45, 2.75) is 38.9 Å². The number of esters is 1. The van der Waals surface area contributed by atoms with E-state index in [1.54, 1.807) is 0 Å². The number of hydrogen-bond acceptors (Lipinski definition) is 5. The molecule has 106 valence electrons. The first-order valence-electron chi connectivity index (χ1n) is 6.45. The summed E-state index contributed by atoms with van der Waals surface area (Å²) in [5.74, 6) is -0.215. The van der Waals surface area contributed by atoms with Crippen LogP contribution >= 0.6 is 0 Å². The van der Waals surface area contributed by atoms with Gasteiger partial charge in [0, 0.05) is 19.6 Å². The van der Waals surface area contributed by atoms with E-state index in [0.717, 1.165) is 19.6 Å². The normalized spacial score (nSPS) is 21.9. The Morgan fingerprint density at radius 2 is 2.17 bits per heavy atom. The van der Waals surface area contributed by atoms with Crippen molar-refractivity contribution in [2.75, 3.05) is 40.0 Å². The summed E-state index contributed by atoms with van der Waals surface area (Å²) in [4.78, 5) is 13.5. The average Bonchev–Trinajstić information content (AvgIpc) is 2.27. The van der Waals surface area contributed by atoms with Gasteiger partial charge in [-0.1, -0.05) is 0 Å². The second-order valence-electron chi connectivity index (χ2n) is 5.53. The number of hydrogen-bond donors (Lipinski definition) is 0. The van der Waals surface area contributed by atoms with Crippen LogP contribution in [-0.4, -0.2) is 62.5 Å². The number of morpholine rings is 1. The van der Waals surface area contributed by atoms with Crippen LogP contribution in [0.2, 0.25) is 0 Å². The number of rotatable bonds is 5. The van der Waals surface area contributed by atoms with Gasteiger partial charge in [-0.2, -0.15) is 0 Å². The van der Waals surface area contributed by atoms with Crippen LogP contribution in [0.4, 0.5) is 0 Å². The highest BCUT2D eigenvalue weighted by atomic mass is 16.5. The van der Waals surface area contributed by atoms with Crippen LogP contribution in [-0.2, 0) is 19.0 Å². The van der Waals surface area contributed by atoms with Crippen molar-refractivity contribution in [1.82, 2.24) is 4.90 Å². The minimum absolute atomic E-state index is 0.0548. The lowest BCUT2D eigenvalue weighted by molar-refractivity contribution is -0.145. The van der Waals surface area contributed by atoms with Gasteiger partial charge in [-0.15, -0.1) is 0 Å². The summed E-state index contributed by atoms with van der Waals surface area (Å²) in [5.41, 5.74) is -0.0995. The predicted molar refractivity (Wildman–Crippen MR) is 68.5 cm³/mol. The molecule has 18 heavy (non-hydrogen) atoms. The quantitative estimate of drug-likeness (QED) is 0.691. The molecule has 1 unspecified atom stereocenters. The Labute approximate surface area is 109 Å². The van der Waals surface area contributed by atoms with E-state index in [0.29, 0.717) is 19.6 Å². The van der Waals surface area contributed by atoms with Crippen LogP contribution < -0.4 is 0 Å². The van der Waals surface area contributed by atoms with Gasteiger partial charge in [0.05, 0.1) is 38.4 Å². The first-order chi connectivity index (χ1) is 8.40. The lowest BCUT2D eigenvalue weighted by Crippen LogP contribution is -2.45. The topological polar surface area (TPSA) is 48.0 Å². The molecule has 0 amide bonds. The molecule has 1 fully saturated rings. The van der Waals surface area contributed by atoms with E-state index >= 15 is 0 Å². The molecule has 1 rings (SSSR count). The zero-order chi connectivity index (χ0) is 13.6. The first-order valence-corrected chi connectivity index (χ1v) is 6.45. The van der Waals surface area contributed by atoms with Crippen molar-refractivity contribution < 1.29 is 19.0 Å². The van der Waals surface area contributed by atoms with E-state index in [1.165, 1.54) is 7.11 Å². The Hall–Kier alpha value is -0.650. The largest absolute Gasteiger partial charge is 0.469 e. The van der Waals surface area contributed by atoms with Gasteiger partial charge in [0.2, 0.25) is 0 Å². The first kappa shape index (κ1) is 15.4. The van der Waals surface area contributed by atoms with Gasteiger partial charge >= 0.3 is 5.97 Å². The molecule has 5 nitrogen and oxygen atoms in total. The fourth-order valence-corrected chi connectivity index (χ4v) is 1.86. The maximum Gasteiger partial charge on any atom is 0.308 e. The summed E-state index contributed by atoms with van der Waals surface area (Å²) < 4.78 is 15.9. The molecule has 1 aliphatic heterocycles. The minimum Gasteiger partial charge on any atom is -0.469 e. The average molecular weight is 259 g/mol. The Morgan fingerprint density at radius 3 is 2.78 bits per heavy atom. The molecule has 1 heterocycles. The Kier molecular flexibility index (Phi) is 6.05. The third-order valence-corrected chi connectivity index (χ3v) is 2.79. The molecule has 0 aromatic heterocycles. The van der Waals surface area contributed by atoms with Crippen LogP contribution in [0.1, 0.15) is 27.2 Å². The summed E-state index contributed by atoms with van der Waals surface area (Å²) in [6.07, 6.45) is 0.272. The van der Waals surface area contributed by atoms with Crippen LogP contribution in [0.25, 0.3) is 0 Å². The molecule has 0 aromatic carbocycles. The zero-order valence-electron chi connectivity index (χ0n) is 11.9. The highest BCUT2D eigenvalue weighted by molar-refractivity contribution is 5.69. The Bertz CT molecular complexity index is 262. The molecule has 0 aromatic rings. The second kappa shape index (κ2) is 7.07. The summed E-state index contributed by atoms with van der Waals surface area (Å²) in [7, 11) is 1.40. The standard InChI is InChI=1S/C13H25NO4/c1-13(2,3)18-8-6-14-5-7-17-11(10-14)9-12(15)16-4/h11H,5-10H2,1-4H3. The van der Waals surface area contributed by atoms with E-state index in [9.17, 15) is 4.79 Å². The van der Waals surface area contributed by atoms with Crippen molar-refractivity contribution in [3.8, 4) is 0 Å². The number of ether oxygens (including phenoxy) is 3. The fourth-order valence-electron chi connectivity index (χ4n) is 1.86. The van der Waals surface area contributed by atoms with Gasteiger partial charge in [-0.25, -0.2) is 0 Å². The molecule has 1 saturated heterocycles. The maximum atomic E-state index is 11.2. The van der Waals surface area contributed by atoms with Crippen molar-refractivity contribution in [3.63, 3.8) is 0 Å². The monoisotopic (exact) mass is 259 g/mol. The van der Waals surface area contributed by atoms with Crippen molar-refractivity contribution >= 4 is 5.97 Å². The maximum absolute atomic E-state index is 11.2. The smallest absolute Gasteiger partial charge is 0.308 e. The number of nitrogens with zero attached hydrogens (tertiary/aromatic N) is 1. The minimum atomic E-state index is -0.215. The highest BCUT2D eigenvalue weighted by Crippen LogP contribution is 2.11. The van der Waals surface area contributed by atoms with Crippen molar-refractivity contribution in [1.29, 1.82) is 0 Å². The number of carbonyl (C=O) groups is 1. The van der Waals surface area contributed by atoms with Crippen molar-refractivity contribution in [3.05, 3.63) is 0 Å². The van der Waals surface area contributed by atoms with Crippen LogP contribution in [0.15, 0.2) is 0 Å². The van der Waals surface area contributed by atoms with Gasteiger partial charge < -0.3 is 14.2 Å². The summed E-state index contributed by atoms with van der Waals surface area (Å²) >= 11 is 0. The van der Waals surface area contributed by atoms with Gasteiger partial charge in [-0.05, 0) is 20.8 Å². The van der Waals surface area contributed by atoms with Gasteiger partial charge in [0.1, 0.15) is 0 Å². The summed E-state index contributed by atoms with van der Waals surface area (Å²) in [6.45, 7) is 10.0. The van der Waals surface area contributed by atoms with Crippen LogP contribution in [0.5, 0.6) is 0 Å². The summed E-state index contributed by atoms with van der Waals surface area (Å²) in [5, 5.41) is 0. The third-order valence-electron chi connectivity index (χ3n) is 2.79. The highest BCUT2D eigenvalue weighted by Gasteiger charge is 2.23. The molecular formula is C13H25NO4. The lowest BCUT2D eigenvalue weighted by atomic mass is 10.2. The molecular weight excluding hydrogens is 234 g/mol. The lowest BCUT2D eigenvalue weighted by Gasteiger charge is -2.33. The fraction of sp³-hybridized carbons (Fsp3) is 0.923. The number of methoxy groups -OCH3 is 1. The van der Waals surface area contributed by atoms with E-state index in [4.69, 9.17) is 9.47 Å². The molecule has 1 atom stereocenters. The summed E-state index contributed by atoms with van der Waals surface area (Å²) in [6, 6.07) is 0. The number of carbonyl (C=O) groups excluding carboxylic acids is 1. The zero-order valence-corrected chi connectivity index (χ0v) is 11.9. The van der Waals surface area contributed by atoms with Gasteiger partial charge in [0.25, 0.3) is 0 Å². The van der Waals surface area contributed by atoms with Gasteiger partial charge in [-0.3, -0.25) is 9.69 Å². The van der Waals surface area contributed by atoms with E-state index in [1.807, 2.05) is 20.8 Å². The Balaban J connectivity index is 2.24. The molecule has 0 saturated carbocycles. The third kappa shape index (κ3) is 6.33. The predicted octanol–water partition coefficient (Wildman–Crippen LogP) is 1.07. The molecule has 1 aliphatic rings. The molecule has 0 bridgehead atoms. The second-order valence-corrected chi connectivity index (χ2v) is 5.53. The van der Waals surface area contributed by atoms with Gasteiger partial charge in [0.15, 0.2) is 0 Å². The van der Waals surface area contributed by atoms with Crippen LogP contribution in [0.3, 0.4) is 0 Å². The van der Waals surface area contributed by atoms with E-state index in [2.05, 4.69) is 9.64 Å². The Morgan fingerprint density at radius 1 is 1.44 bits per heavy atom. The van der Waals surface area contributed by atoms with E-state index in [-0.39, 0.29) is 17.7 Å². The molecule has 0 N–H and O–H groups in total. The van der Waals surface area contributed by atoms with Crippen molar-refractivity contribution in [2.24, 2.45) is 0 Å². The van der Waals surface area contributed by atoms with E-state index < -0.39 is 0 Å². The molecule has 5 heteroatoms. The van der Waals surface area contributed by atoms with Crippen LogP contribution in [0, 0.1) is 0 Å². The molecule has 0 aliphatic carbocycles. The SMILES string of the molecule is COC(=O)CC1CN(CCOC(C)(C)C)CCO1.